The predicted molar refractivity (Wildman–Crippen MR) is 128 cm³/mol. The summed E-state index contributed by atoms with van der Waals surface area (Å²) in [7, 11) is 1.51. The maximum Gasteiger partial charge on any atom is 0.260 e. The van der Waals surface area contributed by atoms with E-state index in [1.165, 1.54) is 30.6 Å². The number of rotatable bonds is 6. The van der Waals surface area contributed by atoms with Gasteiger partial charge >= 0.3 is 0 Å². The highest BCUT2D eigenvalue weighted by atomic mass is 35.5. The van der Waals surface area contributed by atoms with Crippen molar-refractivity contribution in [3.8, 4) is 16.9 Å². The molecule has 10 heteroatoms. The van der Waals surface area contributed by atoms with E-state index in [2.05, 4.69) is 15.3 Å². The van der Waals surface area contributed by atoms with Crippen molar-refractivity contribution in [1.29, 1.82) is 0 Å². The molecular weight excluding hydrogens is 473 g/mol. The molecule has 0 saturated carbocycles. The molecule has 2 aromatic heterocycles. The normalized spacial score (nSPS) is 12.0. The fraction of sp³-hybridized carbons (Fsp3) is 0.136. The number of aromatic amines is 1. The van der Waals surface area contributed by atoms with Crippen LogP contribution >= 0.6 is 34.7 Å². The van der Waals surface area contributed by atoms with E-state index in [4.69, 9.17) is 16.3 Å². The summed E-state index contributed by atoms with van der Waals surface area (Å²) in [5.74, 6) is -0.0986. The fourth-order valence-electron chi connectivity index (χ4n) is 3.04. The molecule has 6 nitrogen and oxygen atoms in total. The first-order valence-electron chi connectivity index (χ1n) is 9.44. The van der Waals surface area contributed by atoms with E-state index in [1.54, 1.807) is 37.3 Å². The summed E-state index contributed by atoms with van der Waals surface area (Å²) < 4.78 is 18.3. The average molecular weight is 490 g/mol. The Balaban J connectivity index is 1.52. The first kappa shape index (κ1) is 22.3. The third-order valence-corrected chi connectivity index (χ3v) is 6.81. The number of benzene rings is 2. The molecule has 0 spiro atoms. The molecule has 0 aliphatic heterocycles. The van der Waals surface area contributed by atoms with Crippen LogP contribution in [0.25, 0.3) is 21.3 Å². The Morgan fingerprint density at radius 1 is 1.28 bits per heavy atom. The molecule has 0 radical (unpaired) electrons. The molecule has 2 aromatic carbocycles. The van der Waals surface area contributed by atoms with Crippen molar-refractivity contribution in [2.45, 2.75) is 17.3 Å². The Morgan fingerprint density at radius 2 is 2.03 bits per heavy atom. The summed E-state index contributed by atoms with van der Waals surface area (Å²) in [6.45, 7) is 1.72. The van der Waals surface area contributed by atoms with Crippen LogP contribution in [0.15, 0.2) is 57.8 Å². The Bertz CT molecular complexity index is 1360. The number of anilines is 1. The van der Waals surface area contributed by atoms with Crippen LogP contribution < -0.4 is 15.6 Å². The van der Waals surface area contributed by atoms with E-state index in [0.717, 1.165) is 17.3 Å². The molecular formula is C22H17ClFN3O3S2. The maximum atomic E-state index is 13.2. The van der Waals surface area contributed by atoms with Crippen LogP contribution in [0, 0.1) is 5.82 Å². The second-order valence-electron chi connectivity index (χ2n) is 6.81. The van der Waals surface area contributed by atoms with E-state index in [-0.39, 0.29) is 17.3 Å². The Kier molecular flexibility index (Phi) is 6.50. The highest BCUT2D eigenvalue weighted by molar-refractivity contribution is 8.00. The van der Waals surface area contributed by atoms with Gasteiger partial charge in [0.05, 0.1) is 22.8 Å². The zero-order valence-corrected chi connectivity index (χ0v) is 19.3. The van der Waals surface area contributed by atoms with Crippen molar-refractivity contribution >= 4 is 56.5 Å². The van der Waals surface area contributed by atoms with E-state index >= 15 is 0 Å². The fourth-order valence-corrected chi connectivity index (χ4v) is 5.10. The summed E-state index contributed by atoms with van der Waals surface area (Å²) in [5, 5.41) is 5.24. The summed E-state index contributed by atoms with van der Waals surface area (Å²) in [5.41, 5.74) is 1.65. The summed E-state index contributed by atoms with van der Waals surface area (Å²) in [6.07, 6.45) is 0. The van der Waals surface area contributed by atoms with Crippen molar-refractivity contribution in [2.24, 2.45) is 0 Å². The number of amides is 1. The van der Waals surface area contributed by atoms with Gasteiger partial charge in [-0.1, -0.05) is 35.5 Å². The van der Waals surface area contributed by atoms with Gasteiger partial charge in [-0.05, 0) is 42.8 Å². The molecule has 0 aliphatic rings. The molecule has 4 aromatic rings. The molecule has 2 heterocycles. The van der Waals surface area contributed by atoms with Gasteiger partial charge in [0, 0.05) is 16.6 Å². The number of fused-ring (bicyclic) bond motifs is 1. The number of thioether (sulfide) groups is 1. The minimum atomic E-state index is -0.534. The van der Waals surface area contributed by atoms with E-state index in [9.17, 15) is 14.0 Å². The first-order chi connectivity index (χ1) is 15.4. The minimum absolute atomic E-state index is 0.267. The smallest absolute Gasteiger partial charge is 0.260 e. The topological polar surface area (TPSA) is 84.1 Å². The monoisotopic (exact) mass is 489 g/mol. The maximum absolute atomic E-state index is 13.2. The Morgan fingerprint density at radius 3 is 2.72 bits per heavy atom. The van der Waals surface area contributed by atoms with Crippen LogP contribution in [-0.4, -0.2) is 28.2 Å². The summed E-state index contributed by atoms with van der Waals surface area (Å²) >= 11 is 8.56. The van der Waals surface area contributed by atoms with Gasteiger partial charge in [0.2, 0.25) is 5.91 Å². The number of thiophene rings is 1. The standard InChI is InChI=1S/C22H17ClFN3O3S2/c1-11(19(28)25-14-7-8-17(30-2)16(23)9-14)32-22-26-20(29)18-15(10-31-21(18)27-22)12-3-5-13(24)6-4-12/h3-11H,1-2H3,(H,25,28)(H,26,27,29). The Hall–Kier alpha value is -2.88. The van der Waals surface area contributed by atoms with Gasteiger partial charge in [-0.25, -0.2) is 9.37 Å². The van der Waals surface area contributed by atoms with Gasteiger partial charge < -0.3 is 15.0 Å². The zero-order chi connectivity index (χ0) is 22.8. The van der Waals surface area contributed by atoms with Crippen molar-refractivity contribution in [3.63, 3.8) is 0 Å². The second-order valence-corrected chi connectivity index (χ2v) is 9.40. The molecule has 2 N–H and O–H groups in total. The lowest BCUT2D eigenvalue weighted by molar-refractivity contribution is -0.115. The van der Waals surface area contributed by atoms with Crippen molar-refractivity contribution in [1.82, 2.24) is 9.97 Å². The molecule has 0 aliphatic carbocycles. The first-order valence-corrected chi connectivity index (χ1v) is 11.6. The van der Waals surface area contributed by atoms with Crippen LogP contribution in [-0.2, 0) is 4.79 Å². The average Bonchev–Trinajstić information content (AvgIpc) is 3.19. The highest BCUT2D eigenvalue weighted by Gasteiger charge is 2.19. The SMILES string of the molecule is COc1ccc(NC(=O)C(C)Sc2nc3scc(-c4ccc(F)cc4)c3c(=O)[nH]2)cc1Cl. The van der Waals surface area contributed by atoms with E-state index in [1.807, 2.05) is 5.38 Å². The number of H-pyrrole nitrogens is 1. The lowest BCUT2D eigenvalue weighted by Crippen LogP contribution is -2.23. The zero-order valence-electron chi connectivity index (χ0n) is 16.9. The number of methoxy groups -OCH3 is 1. The molecule has 0 saturated heterocycles. The number of nitrogens with zero attached hydrogens (tertiary/aromatic N) is 1. The highest BCUT2D eigenvalue weighted by Crippen LogP contribution is 2.32. The van der Waals surface area contributed by atoms with Crippen molar-refractivity contribution in [2.75, 3.05) is 12.4 Å². The number of carbonyl (C=O) groups is 1. The third kappa shape index (κ3) is 4.64. The van der Waals surface area contributed by atoms with Gasteiger partial charge in [0.25, 0.3) is 5.56 Å². The molecule has 0 bridgehead atoms. The Labute approximate surface area is 195 Å². The molecule has 164 valence electrons. The van der Waals surface area contributed by atoms with Gasteiger partial charge in [0.15, 0.2) is 5.16 Å². The molecule has 32 heavy (non-hydrogen) atoms. The summed E-state index contributed by atoms with van der Waals surface area (Å²) in [4.78, 5) is 33.1. The third-order valence-electron chi connectivity index (χ3n) is 4.65. The van der Waals surface area contributed by atoms with Crippen LogP contribution in [0.1, 0.15) is 6.92 Å². The van der Waals surface area contributed by atoms with Crippen molar-refractivity contribution in [3.05, 3.63) is 69.0 Å². The largest absolute Gasteiger partial charge is 0.495 e. The molecule has 0 fully saturated rings. The molecule has 1 amide bonds. The van der Waals surface area contributed by atoms with Crippen LogP contribution in [0.4, 0.5) is 10.1 Å². The van der Waals surface area contributed by atoms with Crippen LogP contribution in [0.3, 0.4) is 0 Å². The molecule has 1 atom stereocenters. The van der Waals surface area contributed by atoms with Crippen LogP contribution in [0.5, 0.6) is 5.75 Å². The quantitative estimate of drug-likeness (QED) is 0.273. The number of hydrogen-bond acceptors (Lipinski definition) is 6. The molecule has 1 unspecified atom stereocenters. The van der Waals surface area contributed by atoms with Gasteiger partial charge in [-0.15, -0.1) is 11.3 Å². The van der Waals surface area contributed by atoms with Crippen LogP contribution in [0.2, 0.25) is 5.02 Å². The predicted octanol–water partition coefficient (Wildman–Crippen LogP) is 5.57. The van der Waals surface area contributed by atoms with Gasteiger partial charge in [0.1, 0.15) is 16.4 Å². The summed E-state index contributed by atoms with van der Waals surface area (Å²) in [6, 6.07) is 10.9. The number of hydrogen-bond donors (Lipinski definition) is 2. The minimum Gasteiger partial charge on any atom is -0.495 e. The lowest BCUT2D eigenvalue weighted by Gasteiger charge is -2.12. The number of aromatic nitrogens is 2. The number of carbonyl (C=O) groups excluding carboxylic acids is 1. The van der Waals surface area contributed by atoms with Crippen molar-refractivity contribution < 1.29 is 13.9 Å². The second kappa shape index (κ2) is 9.32. The van der Waals surface area contributed by atoms with E-state index in [0.29, 0.717) is 37.4 Å². The van der Waals surface area contributed by atoms with Gasteiger partial charge in [-0.2, -0.15) is 0 Å². The van der Waals surface area contributed by atoms with E-state index < -0.39 is 5.25 Å². The van der Waals surface area contributed by atoms with Gasteiger partial charge in [-0.3, -0.25) is 9.59 Å². The number of halogens is 2. The number of nitrogens with one attached hydrogen (secondary N) is 2. The number of ether oxygens (including phenoxy) is 1. The molecule has 4 rings (SSSR count). The lowest BCUT2D eigenvalue weighted by atomic mass is 10.1.